The topological polar surface area (TPSA) is 24.6 Å². The number of fused-ring (bicyclic) bond motifs is 11. The van der Waals surface area contributed by atoms with Gasteiger partial charge in [-0.25, -0.2) is 0 Å². The van der Waals surface area contributed by atoms with Gasteiger partial charge in [-0.2, -0.15) is 0 Å². The summed E-state index contributed by atoms with van der Waals surface area (Å²) >= 11 is 3.78. The molecule has 0 N–H and O–H groups in total. The first-order valence-corrected chi connectivity index (χ1v) is 25.1. The maximum Gasteiger partial charge on any atom is 0.333 e. The lowest BCUT2D eigenvalue weighted by molar-refractivity contribution is 0.590. The van der Waals surface area contributed by atoms with Gasteiger partial charge in [-0.15, -0.1) is 0 Å². The third kappa shape index (κ3) is 5.92. The van der Waals surface area contributed by atoms with E-state index in [0.717, 1.165) is 44.5 Å². The molecule has 0 atom stereocenters. The molecule has 3 aliphatic rings. The number of anilines is 6. The number of furan rings is 1. The first kappa shape index (κ1) is 39.8. The number of aromatic nitrogens is 1. The van der Waals surface area contributed by atoms with Crippen molar-refractivity contribution in [1.82, 2.24) is 4.48 Å². The van der Waals surface area contributed by atoms with Crippen molar-refractivity contribution in [2.45, 2.75) is 52.7 Å². The zero-order valence-corrected chi connectivity index (χ0v) is 39.8. The van der Waals surface area contributed by atoms with E-state index in [1.54, 1.807) is 0 Å². The molecule has 7 heteroatoms. The van der Waals surface area contributed by atoms with Gasteiger partial charge < -0.3 is 18.7 Å². The standard InChI is InChI=1S/C61H44BN3OS2/c1-37-30-45-46-33-42(63(40-20-10-6-11-21-40)41-22-12-7-13-23-41)34-47-58(46)65(59-43-24-14-15-25-52(43)66-60(47)59)62-48-35-55-56(68-54-27-17-16-26-53(54)67-55)36-50(48)64(51(31-37)57(45)62)49-29-28-39(61(2,3)4)32-44(49)38-18-8-5-9-19-38/h5-36H,1-4H3. The van der Waals surface area contributed by atoms with Crippen LogP contribution in [-0.4, -0.2) is 11.3 Å². The summed E-state index contributed by atoms with van der Waals surface area (Å²) < 4.78 is 9.75. The van der Waals surface area contributed by atoms with Crippen LogP contribution in [0.1, 0.15) is 31.9 Å². The summed E-state index contributed by atoms with van der Waals surface area (Å²) in [5.74, 6) is 0. The second-order valence-corrected chi connectivity index (χ2v) is 21.5. The second kappa shape index (κ2) is 14.8. The molecule has 0 amide bonds. The summed E-state index contributed by atoms with van der Waals surface area (Å²) in [6.07, 6.45) is 0. The van der Waals surface area contributed by atoms with Crippen molar-refractivity contribution >= 4 is 108 Å². The summed E-state index contributed by atoms with van der Waals surface area (Å²) in [5.41, 5.74) is 20.9. The summed E-state index contributed by atoms with van der Waals surface area (Å²) in [7, 11) is 0. The van der Waals surface area contributed by atoms with Crippen LogP contribution in [0.3, 0.4) is 0 Å². The molecule has 11 aromatic rings. The Morgan fingerprint density at radius 1 is 0.500 bits per heavy atom. The van der Waals surface area contributed by atoms with Crippen molar-refractivity contribution in [3.63, 3.8) is 0 Å². The van der Waals surface area contributed by atoms with E-state index >= 15 is 0 Å². The van der Waals surface area contributed by atoms with Gasteiger partial charge in [0.1, 0.15) is 5.58 Å². The summed E-state index contributed by atoms with van der Waals surface area (Å²) in [6, 6.07) is 71.8. The lowest BCUT2D eigenvalue weighted by Gasteiger charge is -2.42. The Bertz CT molecular complexity index is 3830. The molecule has 0 radical (unpaired) electrons. The molecular weight excluding hydrogens is 866 g/mol. The van der Waals surface area contributed by atoms with E-state index in [4.69, 9.17) is 4.42 Å². The second-order valence-electron chi connectivity index (χ2n) is 19.4. The number of aryl methyl sites for hydroxylation is 1. The van der Waals surface area contributed by atoms with E-state index in [1.807, 2.05) is 23.5 Å². The van der Waals surface area contributed by atoms with Crippen molar-refractivity contribution in [1.29, 1.82) is 0 Å². The van der Waals surface area contributed by atoms with Crippen molar-refractivity contribution in [2.24, 2.45) is 0 Å². The molecule has 68 heavy (non-hydrogen) atoms. The zero-order valence-electron chi connectivity index (χ0n) is 38.1. The number of para-hydroxylation sites is 3. The minimum Gasteiger partial charge on any atom is -0.454 e. The van der Waals surface area contributed by atoms with Crippen LogP contribution in [0.4, 0.5) is 34.1 Å². The van der Waals surface area contributed by atoms with Gasteiger partial charge >= 0.3 is 6.85 Å². The number of hydrogen-bond acceptors (Lipinski definition) is 5. The van der Waals surface area contributed by atoms with Crippen LogP contribution in [0, 0.1) is 6.92 Å². The number of benzene rings is 9. The monoisotopic (exact) mass is 909 g/mol. The maximum atomic E-state index is 7.09. The predicted molar refractivity (Wildman–Crippen MR) is 288 cm³/mol. The Morgan fingerprint density at radius 3 is 1.85 bits per heavy atom. The van der Waals surface area contributed by atoms with Crippen LogP contribution >= 0.6 is 23.5 Å². The van der Waals surface area contributed by atoms with Gasteiger partial charge in [0.05, 0.1) is 11.2 Å². The zero-order chi connectivity index (χ0) is 45.4. The van der Waals surface area contributed by atoms with Crippen LogP contribution in [0.2, 0.25) is 0 Å². The largest absolute Gasteiger partial charge is 0.454 e. The lowest BCUT2D eigenvalue weighted by atomic mass is 9.45. The van der Waals surface area contributed by atoms with Crippen molar-refractivity contribution < 1.29 is 4.42 Å². The van der Waals surface area contributed by atoms with E-state index in [0.29, 0.717) is 0 Å². The smallest absolute Gasteiger partial charge is 0.333 e. The Hall–Kier alpha value is -7.32. The first-order valence-electron chi connectivity index (χ1n) is 23.4. The van der Waals surface area contributed by atoms with E-state index in [1.165, 1.54) is 86.5 Å². The highest BCUT2D eigenvalue weighted by Crippen LogP contribution is 2.54. The highest BCUT2D eigenvalue weighted by molar-refractivity contribution is 8.05. The van der Waals surface area contributed by atoms with E-state index < -0.39 is 0 Å². The van der Waals surface area contributed by atoms with E-state index in [2.05, 4.69) is 236 Å². The highest BCUT2D eigenvalue weighted by atomic mass is 32.2. The average Bonchev–Trinajstić information content (AvgIpc) is 3.90. The fraction of sp³-hybridized carbons (Fsp3) is 0.0820. The number of hydrogen-bond donors (Lipinski definition) is 0. The molecule has 0 unspecified atom stereocenters. The molecule has 0 fully saturated rings. The van der Waals surface area contributed by atoms with Crippen LogP contribution < -0.4 is 20.7 Å². The summed E-state index contributed by atoms with van der Waals surface area (Å²) in [5, 5.41) is 2.23. The van der Waals surface area contributed by atoms with Gasteiger partial charge in [-0.3, -0.25) is 0 Å². The first-order chi connectivity index (χ1) is 33.3. The Labute approximate surface area is 405 Å². The van der Waals surface area contributed by atoms with Gasteiger partial charge in [0.15, 0.2) is 5.58 Å². The summed E-state index contributed by atoms with van der Waals surface area (Å²) in [4.78, 5) is 10.2. The molecule has 14 rings (SSSR count). The molecule has 4 nitrogen and oxygen atoms in total. The van der Waals surface area contributed by atoms with Gasteiger partial charge in [0, 0.05) is 75.4 Å². The van der Waals surface area contributed by atoms with Crippen molar-refractivity contribution in [2.75, 3.05) is 9.80 Å². The highest BCUT2D eigenvalue weighted by Gasteiger charge is 2.45. The molecule has 0 bridgehead atoms. The van der Waals surface area contributed by atoms with Gasteiger partial charge in [0.25, 0.3) is 0 Å². The van der Waals surface area contributed by atoms with Crippen molar-refractivity contribution in [3.05, 3.63) is 205 Å². The number of rotatable bonds is 5. The lowest BCUT2D eigenvalue weighted by Crippen LogP contribution is -2.56. The maximum absolute atomic E-state index is 7.09. The van der Waals surface area contributed by atoms with Crippen LogP contribution in [0.5, 0.6) is 0 Å². The van der Waals surface area contributed by atoms with Gasteiger partial charge in [-0.05, 0) is 137 Å². The van der Waals surface area contributed by atoms with Crippen molar-refractivity contribution in [3.8, 4) is 22.3 Å². The normalized spacial score (nSPS) is 13.4. The third-order valence-electron chi connectivity index (χ3n) is 14.1. The molecule has 0 saturated heterocycles. The van der Waals surface area contributed by atoms with Crippen LogP contribution in [0.15, 0.2) is 218 Å². The quantitative estimate of drug-likeness (QED) is 0.160. The predicted octanol–water partition coefficient (Wildman–Crippen LogP) is 16.3. The Morgan fingerprint density at radius 2 is 1.15 bits per heavy atom. The fourth-order valence-electron chi connectivity index (χ4n) is 11.1. The minimum atomic E-state index is -0.146. The number of nitrogens with zero attached hydrogens (tertiary/aromatic N) is 3. The molecule has 5 heterocycles. The molecule has 3 aliphatic heterocycles. The van der Waals surface area contributed by atoms with E-state index in [9.17, 15) is 0 Å². The molecule has 0 saturated carbocycles. The molecular formula is C61H44BN3OS2. The third-order valence-corrected chi connectivity index (χ3v) is 16.7. The van der Waals surface area contributed by atoms with Gasteiger partial charge in [-0.1, -0.05) is 147 Å². The van der Waals surface area contributed by atoms with Gasteiger partial charge in [0.2, 0.25) is 0 Å². The van der Waals surface area contributed by atoms with Crippen LogP contribution in [-0.2, 0) is 5.41 Å². The fourth-order valence-corrected chi connectivity index (χ4v) is 13.4. The molecule has 2 aromatic heterocycles. The van der Waals surface area contributed by atoms with E-state index in [-0.39, 0.29) is 12.3 Å². The molecule has 324 valence electrons. The summed E-state index contributed by atoms with van der Waals surface area (Å²) in [6.45, 7) is 9.06. The minimum absolute atomic E-state index is 0.0386. The average molecular weight is 910 g/mol. The molecule has 0 spiro atoms. The SMILES string of the molecule is Cc1cc2c3c(c1)N(c1ccc(C(C)(C)C)cc1-c1ccccc1)c1cc4c(cc1B3n1c3c-2cc(N(c2ccccc2)c2ccccc2)cc3c2oc3ccccc3c21)Sc1ccccc1S4. The molecule has 9 aromatic carbocycles. The van der Waals surface area contributed by atoms with Crippen LogP contribution in [0.25, 0.3) is 55.2 Å². The Kier molecular flexibility index (Phi) is 8.69. The Balaban J connectivity index is 1.12. The molecule has 0 aliphatic carbocycles.